The van der Waals surface area contributed by atoms with Gasteiger partial charge in [0.25, 0.3) is 0 Å². The highest BCUT2D eigenvalue weighted by atomic mass is 16.5. The van der Waals surface area contributed by atoms with Gasteiger partial charge in [0.1, 0.15) is 0 Å². The Hall–Kier alpha value is -1.67. The fraction of sp³-hybridized carbons (Fsp3) is 0.850. The SMILES string of the molecule is CCC(C)[C@@H]([C@@H](CC(=O)NC)OC)N(C)C(=O)CNC(=O)[C@H](C(C)C)N(C)C. The average Bonchev–Trinajstić information content (AvgIpc) is 2.63. The third kappa shape index (κ3) is 7.75. The van der Waals surface area contributed by atoms with E-state index in [9.17, 15) is 14.4 Å². The summed E-state index contributed by atoms with van der Waals surface area (Å²) in [6, 6.07) is -0.574. The third-order valence-electron chi connectivity index (χ3n) is 5.29. The van der Waals surface area contributed by atoms with Gasteiger partial charge in [-0.05, 0) is 25.9 Å². The van der Waals surface area contributed by atoms with Crippen LogP contribution in [0.3, 0.4) is 0 Å². The molecule has 0 saturated carbocycles. The maximum Gasteiger partial charge on any atom is 0.242 e. The molecule has 0 radical (unpaired) electrons. The van der Waals surface area contributed by atoms with Gasteiger partial charge in [0, 0.05) is 21.2 Å². The molecule has 0 aromatic carbocycles. The van der Waals surface area contributed by atoms with Crippen LogP contribution in [0.5, 0.6) is 0 Å². The minimum atomic E-state index is -0.426. The Bertz CT molecular complexity index is 502. The molecule has 0 aliphatic rings. The monoisotopic (exact) mass is 400 g/mol. The Labute approximate surface area is 170 Å². The molecule has 1 unspecified atom stereocenters. The lowest BCUT2D eigenvalue weighted by Gasteiger charge is -2.37. The summed E-state index contributed by atoms with van der Waals surface area (Å²) in [6.45, 7) is 7.92. The molecule has 0 bridgehead atoms. The summed E-state index contributed by atoms with van der Waals surface area (Å²) in [6.07, 6.45) is 0.574. The summed E-state index contributed by atoms with van der Waals surface area (Å²) in [5, 5.41) is 5.35. The van der Waals surface area contributed by atoms with Crippen LogP contribution in [-0.2, 0) is 19.1 Å². The number of hydrogen-bond donors (Lipinski definition) is 2. The number of carbonyl (C=O) groups excluding carboxylic acids is 3. The normalized spacial score (nSPS) is 15.7. The van der Waals surface area contributed by atoms with Gasteiger partial charge in [-0.25, -0.2) is 0 Å². The number of rotatable bonds is 12. The van der Waals surface area contributed by atoms with Crippen LogP contribution in [0, 0.1) is 11.8 Å². The molecular formula is C20H40N4O4. The highest BCUT2D eigenvalue weighted by Crippen LogP contribution is 2.21. The first-order valence-corrected chi connectivity index (χ1v) is 9.94. The molecule has 0 heterocycles. The van der Waals surface area contributed by atoms with Crippen LogP contribution >= 0.6 is 0 Å². The predicted octanol–water partition coefficient (Wildman–Crippen LogP) is 0.713. The summed E-state index contributed by atoms with van der Waals surface area (Å²) in [5.74, 6) is -0.264. The van der Waals surface area contributed by atoms with Gasteiger partial charge in [-0.3, -0.25) is 19.3 Å². The van der Waals surface area contributed by atoms with Gasteiger partial charge in [0.05, 0.1) is 31.2 Å². The Balaban J connectivity index is 5.22. The van der Waals surface area contributed by atoms with Crippen LogP contribution in [0.4, 0.5) is 0 Å². The fourth-order valence-electron chi connectivity index (χ4n) is 3.56. The van der Waals surface area contributed by atoms with Gasteiger partial charge in [-0.1, -0.05) is 34.1 Å². The second kappa shape index (κ2) is 12.7. The zero-order chi connectivity index (χ0) is 22.0. The molecule has 3 amide bonds. The van der Waals surface area contributed by atoms with E-state index in [0.717, 1.165) is 6.42 Å². The molecule has 0 spiro atoms. The molecule has 0 fully saturated rings. The van der Waals surface area contributed by atoms with E-state index in [-0.39, 0.29) is 54.6 Å². The number of methoxy groups -OCH3 is 1. The highest BCUT2D eigenvalue weighted by molar-refractivity contribution is 5.87. The quantitative estimate of drug-likeness (QED) is 0.504. The number of likely N-dealkylation sites (N-methyl/N-ethyl adjacent to an activating group) is 2. The van der Waals surface area contributed by atoms with Crippen LogP contribution in [0.25, 0.3) is 0 Å². The van der Waals surface area contributed by atoms with Crippen molar-refractivity contribution < 1.29 is 19.1 Å². The molecule has 0 saturated heterocycles. The largest absolute Gasteiger partial charge is 0.379 e. The van der Waals surface area contributed by atoms with Crippen molar-refractivity contribution in [2.75, 3.05) is 41.8 Å². The molecule has 0 aromatic heterocycles. The third-order valence-corrected chi connectivity index (χ3v) is 5.29. The van der Waals surface area contributed by atoms with E-state index < -0.39 is 6.10 Å². The molecule has 164 valence electrons. The Morgan fingerprint density at radius 1 is 1.07 bits per heavy atom. The minimum absolute atomic E-state index is 0.0876. The van der Waals surface area contributed by atoms with E-state index in [1.54, 1.807) is 26.1 Å². The first-order chi connectivity index (χ1) is 13.0. The van der Waals surface area contributed by atoms with Crippen molar-refractivity contribution in [3.8, 4) is 0 Å². The Kier molecular flexibility index (Phi) is 12.0. The maximum absolute atomic E-state index is 12.8. The maximum atomic E-state index is 12.8. The number of carbonyl (C=O) groups is 3. The summed E-state index contributed by atoms with van der Waals surface area (Å²) in [5.41, 5.74) is 0. The zero-order valence-electron chi connectivity index (χ0n) is 19.0. The van der Waals surface area contributed by atoms with Crippen LogP contribution in [-0.4, -0.2) is 87.6 Å². The lowest BCUT2D eigenvalue weighted by atomic mass is 9.91. The lowest BCUT2D eigenvalue weighted by Crippen LogP contribution is -2.54. The van der Waals surface area contributed by atoms with Crippen molar-refractivity contribution in [2.45, 2.75) is 58.7 Å². The van der Waals surface area contributed by atoms with Crippen LogP contribution in [0.15, 0.2) is 0 Å². The van der Waals surface area contributed by atoms with Gasteiger partial charge in [-0.2, -0.15) is 0 Å². The number of amides is 3. The molecular weight excluding hydrogens is 360 g/mol. The van der Waals surface area contributed by atoms with Gasteiger partial charge in [0.15, 0.2) is 0 Å². The number of nitrogens with one attached hydrogen (secondary N) is 2. The van der Waals surface area contributed by atoms with E-state index >= 15 is 0 Å². The molecule has 0 rings (SSSR count). The minimum Gasteiger partial charge on any atom is -0.379 e. The topological polar surface area (TPSA) is 91.0 Å². The van der Waals surface area contributed by atoms with E-state index in [1.807, 2.05) is 46.7 Å². The van der Waals surface area contributed by atoms with Crippen molar-refractivity contribution in [3.05, 3.63) is 0 Å². The number of ether oxygens (including phenoxy) is 1. The zero-order valence-corrected chi connectivity index (χ0v) is 19.0. The Morgan fingerprint density at radius 2 is 1.64 bits per heavy atom. The standard InChI is InChI=1S/C20H40N4O4/c1-10-14(4)19(15(28-9)11-16(25)21-5)24(8)17(26)12-22-20(27)18(13(2)3)23(6)7/h13-15,18-19H,10-12H2,1-9H3,(H,21,25)(H,22,27)/t14?,15-,18+,19+/m1/s1. The van der Waals surface area contributed by atoms with Crippen molar-refractivity contribution in [3.63, 3.8) is 0 Å². The van der Waals surface area contributed by atoms with Crippen molar-refractivity contribution in [1.29, 1.82) is 0 Å². The Morgan fingerprint density at radius 3 is 2.04 bits per heavy atom. The first kappa shape index (κ1) is 26.3. The predicted molar refractivity (Wildman–Crippen MR) is 111 cm³/mol. The van der Waals surface area contributed by atoms with Crippen molar-refractivity contribution in [1.82, 2.24) is 20.4 Å². The molecule has 0 aliphatic heterocycles. The number of nitrogens with zero attached hydrogens (tertiary/aromatic N) is 2. The average molecular weight is 401 g/mol. The first-order valence-electron chi connectivity index (χ1n) is 9.94. The summed E-state index contributed by atoms with van der Waals surface area (Å²) < 4.78 is 5.56. The molecule has 28 heavy (non-hydrogen) atoms. The molecule has 2 N–H and O–H groups in total. The molecule has 4 atom stereocenters. The second-order valence-corrected chi connectivity index (χ2v) is 7.90. The second-order valence-electron chi connectivity index (χ2n) is 7.90. The van der Waals surface area contributed by atoms with Gasteiger partial charge in [-0.15, -0.1) is 0 Å². The summed E-state index contributed by atoms with van der Waals surface area (Å²) in [7, 11) is 8.52. The van der Waals surface area contributed by atoms with Gasteiger partial charge < -0.3 is 20.3 Å². The van der Waals surface area contributed by atoms with E-state index in [2.05, 4.69) is 10.6 Å². The highest BCUT2D eigenvalue weighted by Gasteiger charge is 2.34. The molecule has 8 heteroatoms. The fourth-order valence-corrected chi connectivity index (χ4v) is 3.56. The summed E-state index contributed by atoms with van der Waals surface area (Å²) in [4.78, 5) is 40.6. The summed E-state index contributed by atoms with van der Waals surface area (Å²) >= 11 is 0. The molecule has 8 nitrogen and oxygen atoms in total. The number of hydrogen-bond acceptors (Lipinski definition) is 5. The van der Waals surface area contributed by atoms with Crippen LogP contribution < -0.4 is 10.6 Å². The van der Waals surface area contributed by atoms with Crippen molar-refractivity contribution in [2.24, 2.45) is 11.8 Å². The van der Waals surface area contributed by atoms with E-state index in [0.29, 0.717) is 0 Å². The van der Waals surface area contributed by atoms with Crippen molar-refractivity contribution >= 4 is 17.7 Å². The molecule has 0 aromatic rings. The van der Waals surface area contributed by atoms with E-state index in [1.165, 1.54) is 0 Å². The smallest absolute Gasteiger partial charge is 0.242 e. The van der Waals surface area contributed by atoms with Crippen LogP contribution in [0.2, 0.25) is 0 Å². The van der Waals surface area contributed by atoms with Gasteiger partial charge in [0.2, 0.25) is 17.7 Å². The van der Waals surface area contributed by atoms with E-state index in [4.69, 9.17) is 4.74 Å². The van der Waals surface area contributed by atoms with Gasteiger partial charge >= 0.3 is 0 Å². The lowest BCUT2D eigenvalue weighted by molar-refractivity contribution is -0.140. The van der Waals surface area contributed by atoms with Crippen LogP contribution in [0.1, 0.15) is 40.5 Å². The molecule has 0 aliphatic carbocycles.